The van der Waals surface area contributed by atoms with E-state index in [0.717, 1.165) is 17.7 Å². The smallest absolute Gasteiger partial charge is 0.224 e. The highest BCUT2D eigenvalue weighted by molar-refractivity contribution is 9.10. The minimum Gasteiger partial charge on any atom is -0.439 e. The Hall–Kier alpha value is -1.95. The van der Waals surface area contributed by atoms with Crippen LogP contribution in [0.1, 0.15) is 17.8 Å². The van der Waals surface area contributed by atoms with Crippen LogP contribution in [0.25, 0.3) is 0 Å². The molecule has 1 N–H and O–H groups in total. The number of carbonyl (C=O) groups excluding carboxylic acids is 1. The highest BCUT2D eigenvalue weighted by Gasteiger charge is 2.15. The van der Waals surface area contributed by atoms with Crippen LogP contribution in [0.3, 0.4) is 0 Å². The van der Waals surface area contributed by atoms with E-state index in [-0.39, 0.29) is 5.91 Å². The maximum atomic E-state index is 11.3. The Morgan fingerprint density at radius 3 is 2.90 bits per heavy atom. The highest BCUT2D eigenvalue weighted by atomic mass is 79.9. The summed E-state index contributed by atoms with van der Waals surface area (Å²) in [5, 5.41) is 2.84. The first-order valence-corrected chi connectivity index (χ1v) is 7.01. The molecule has 0 fully saturated rings. The van der Waals surface area contributed by atoms with E-state index >= 15 is 0 Å². The topological polar surface area (TPSA) is 64.1 Å². The number of anilines is 1. The van der Waals surface area contributed by atoms with Crippen LogP contribution in [0, 0.1) is 6.92 Å². The van der Waals surface area contributed by atoms with Crippen LogP contribution in [-0.2, 0) is 11.2 Å². The fraction of sp³-hybridized carbons (Fsp3) is 0.214. The summed E-state index contributed by atoms with van der Waals surface area (Å²) in [4.78, 5) is 19.7. The van der Waals surface area contributed by atoms with Gasteiger partial charge >= 0.3 is 0 Å². The lowest BCUT2D eigenvalue weighted by Gasteiger charge is -2.17. The molecule has 0 bridgehead atoms. The fourth-order valence-corrected chi connectivity index (χ4v) is 2.55. The molecule has 0 saturated heterocycles. The lowest BCUT2D eigenvalue weighted by molar-refractivity contribution is -0.116. The van der Waals surface area contributed by atoms with Gasteiger partial charge in [0.05, 0.1) is 0 Å². The second-order valence-corrected chi connectivity index (χ2v) is 5.36. The number of aryl methyl sites for hydroxylation is 2. The Bertz CT molecular complexity index is 668. The molecule has 0 radical (unpaired) electrons. The molecule has 2 heterocycles. The van der Waals surface area contributed by atoms with E-state index in [1.54, 1.807) is 13.0 Å². The molecular weight excluding hydrogens is 322 g/mol. The quantitative estimate of drug-likeness (QED) is 0.857. The summed E-state index contributed by atoms with van der Waals surface area (Å²) in [5.41, 5.74) is 1.93. The second-order valence-electron chi connectivity index (χ2n) is 4.55. The van der Waals surface area contributed by atoms with Crippen molar-refractivity contribution in [1.29, 1.82) is 0 Å². The second kappa shape index (κ2) is 5.20. The third-order valence-electron chi connectivity index (χ3n) is 2.98. The average molecular weight is 334 g/mol. The van der Waals surface area contributed by atoms with Gasteiger partial charge in [0, 0.05) is 18.2 Å². The largest absolute Gasteiger partial charge is 0.439 e. The van der Waals surface area contributed by atoms with Gasteiger partial charge < -0.3 is 10.1 Å². The molecule has 0 spiro atoms. The van der Waals surface area contributed by atoms with E-state index in [0.29, 0.717) is 28.5 Å². The first kappa shape index (κ1) is 13.1. The van der Waals surface area contributed by atoms with Gasteiger partial charge in [-0.05, 0) is 53.0 Å². The zero-order valence-corrected chi connectivity index (χ0v) is 12.4. The van der Waals surface area contributed by atoms with Crippen molar-refractivity contribution >= 4 is 27.5 Å². The summed E-state index contributed by atoms with van der Waals surface area (Å²) in [6, 6.07) is 7.31. The normalized spacial score (nSPS) is 13.6. The number of ether oxygens (including phenoxy) is 1. The summed E-state index contributed by atoms with van der Waals surface area (Å²) in [5.74, 6) is 1.88. The molecule has 0 unspecified atom stereocenters. The van der Waals surface area contributed by atoms with Gasteiger partial charge in [0.15, 0.2) is 0 Å². The number of nitrogens with zero attached hydrogens (tertiary/aromatic N) is 2. The number of hydrogen-bond donors (Lipinski definition) is 1. The van der Waals surface area contributed by atoms with Crippen molar-refractivity contribution in [2.24, 2.45) is 0 Å². The minimum atomic E-state index is 0.0570. The molecule has 0 aliphatic carbocycles. The van der Waals surface area contributed by atoms with Gasteiger partial charge in [0.1, 0.15) is 16.2 Å². The van der Waals surface area contributed by atoms with Crippen LogP contribution < -0.4 is 10.1 Å². The standard InChI is InChI=1S/C14H12BrN3O2/c1-8-16-12(15)7-14(17-8)20-10-3-4-11-9(6-10)2-5-13(19)18-11/h3-4,6-7H,2,5H2,1H3,(H,18,19). The molecule has 1 aromatic carbocycles. The number of hydrogen-bond acceptors (Lipinski definition) is 4. The van der Waals surface area contributed by atoms with Crippen LogP contribution in [0.4, 0.5) is 5.69 Å². The van der Waals surface area contributed by atoms with Crippen LogP contribution >= 0.6 is 15.9 Å². The lowest BCUT2D eigenvalue weighted by atomic mass is 10.0. The summed E-state index contributed by atoms with van der Waals surface area (Å²) in [6.07, 6.45) is 1.24. The number of amides is 1. The third-order valence-corrected chi connectivity index (χ3v) is 3.38. The van der Waals surface area contributed by atoms with Crippen LogP contribution in [0.5, 0.6) is 11.6 Å². The summed E-state index contributed by atoms with van der Waals surface area (Å²) in [6.45, 7) is 1.81. The fourth-order valence-electron chi connectivity index (χ4n) is 2.10. The van der Waals surface area contributed by atoms with Gasteiger partial charge in [-0.3, -0.25) is 4.79 Å². The van der Waals surface area contributed by atoms with E-state index in [9.17, 15) is 4.79 Å². The molecule has 1 aliphatic rings. The van der Waals surface area contributed by atoms with Gasteiger partial charge in [0.2, 0.25) is 11.8 Å². The average Bonchev–Trinajstić information content (AvgIpc) is 2.38. The molecule has 1 aromatic heterocycles. The first-order chi connectivity index (χ1) is 9.60. The van der Waals surface area contributed by atoms with Crippen molar-refractivity contribution in [2.75, 3.05) is 5.32 Å². The van der Waals surface area contributed by atoms with E-state index in [1.807, 2.05) is 18.2 Å². The van der Waals surface area contributed by atoms with Crippen LogP contribution in [-0.4, -0.2) is 15.9 Å². The maximum absolute atomic E-state index is 11.3. The number of nitrogens with one attached hydrogen (secondary N) is 1. The predicted octanol–water partition coefficient (Wildman–Crippen LogP) is 3.22. The van der Waals surface area contributed by atoms with Crippen molar-refractivity contribution in [2.45, 2.75) is 19.8 Å². The molecule has 2 aromatic rings. The van der Waals surface area contributed by atoms with Gasteiger partial charge in [-0.1, -0.05) is 0 Å². The molecule has 0 saturated carbocycles. The van der Waals surface area contributed by atoms with Crippen molar-refractivity contribution in [3.8, 4) is 11.6 Å². The number of carbonyl (C=O) groups is 1. The summed E-state index contributed by atoms with van der Waals surface area (Å²) >= 11 is 3.31. The SMILES string of the molecule is Cc1nc(Br)cc(Oc2ccc3c(c2)CCC(=O)N3)n1. The predicted molar refractivity (Wildman–Crippen MR) is 77.9 cm³/mol. The number of rotatable bonds is 2. The van der Waals surface area contributed by atoms with E-state index < -0.39 is 0 Å². The first-order valence-electron chi connectivity index (χ1n) is 6.22. The molecule has 102 valence electrons. The van der Waals surface area contributed by atoms with Crippen LogP contribution in [0.2, 0.25) is 0 Å². The number of benzene rings is 1. The summed E-state index contributed by atoms with van der Waals surface area (Å²) < 4.78 is 6.42. The number of aromatic nitrogens is 2. The molecule has 0 atom stereocenters. The lowest BCUT2D eigenvalue weighted by Crippen LogP contribution is -2.18. The Labute approximate surface area is 124 Å². The Kier molecular flexibility index (Phi) is 3.40. The molecule has 5 nitrogen and oxygen atoms in total. The van der Waals surface area contributed by atoms with E-state index in [2.05, 4.69) is 31.2 Å². The zero-order valence-electron chi connectivity index (χ0n) is 10.8. The Balaban J connectivity index is 1.86. The molecule has 6 heteroatoms. The molecular formula is C14H12BrN3O2. The maximum Gasteiger partial charge on any atom is 0.224 e. The van der Waals surface area contributed by atoms with Crippen molar-refractivity contribution in [1.82, 2.24) is 9.97 Å². The van der Waals surface area contributed by atoms with Gasteiger partial charge in [-0.15, -0.1) is 0 Å². The van der Waals surface area contributed by atoms with Crippen molar-refractivity contribution in [3.63, 3.8) is 0 Å². The molecule has 1 amide bonds. The van der Waals surface area contributed by atoms with Crippen LogP contribution in [0.15, 0.2) is 28.9 Å². The van der Waals surface area contributed by atoms with Crippen molar-refractivity contribution < 1.29 is 9.53 Å². The molecule has 1 aliphatic heterocycles. The number of fused-ring (bicyclic) bond motifs is 1. The summed E-state index contributed by atoms with van der Waals surface area (Å²) in [7, 11) is 0. The third kappa shape index (κ3) is 2.80. The van der Waals surface area contributed by atoms with Crippen molar-refractivity contribution in [3.05, 3.63) is 40.3 Å². The van der Waals surface area contributed by atoms with E-state index in [4.69, 9.17) is 4.74 Å². The molecule has 3 rings (SSSR count). The van der Waals surface area contributed by atoms with E-state index in [1.165, 1.54) is 0 Å². The van der Waals surface area contributed by atoms with Gasteiger partial charge in [0.25, 0.3) is 0 Å². The highest BCUT2D eigenvalue weighted by Crippen LogP contribution is 2.29. The number of halogens is 1. The van der Waals surface area contributed by atoms with Gasteiger partial charge in [-0.2, -0.15) is 4.98 Å². The Morgan fingerprint density at radius 1 is 1.25 bits per heavy atom. The molecule has 20 heavy (non-hydrogen) atoms. The monoisotopic (exact) mass is 333 g/mol. The van der Waals surface area contributed by atoms with Gasteiger partial charge in [-0.25, -0.2) is 4.98 Å². The minimum absolute atomic E-state index is 0.0570. The zero-order chi connectivity index (χ0) is 14.1. The Morgan fingerprint density at radius 2 is 2.10 bits per heavy atom.